The predicted molar refractivity (Wildman–Crippen MR) is 88.7 cm³/mol. The molecule has 2 nitrogen and oxygen atoms in total. The number of hydrogen-bond donors (Lipinski definition) is 1. The highest BCUT2D eigenvalue weighted by molar-refractivity contribution is 8.01. The second-order valence-corrected chi connectivity index (χ2v) is 7.57. The third-order valence-electron chi connectivity index (χ3n) is 3.78. The van der Waals surface area contributed by atoms with Crippen molar-refractivity contribution in [3.63, 3.8) is 0 Å². The molecule has 1 unspecified atom stereocenters. The van der Waals surface area contributed by atoms with Gasteiger partial charge in [-0.05, 0) is 44.4 Å². The Kier molecular flexibility index (Phi) is 5.79. The molecular formula is C16H22ClNOS. The van der Waals surface area contributed by atoms with Crippen LogP contribution in [0.4, 0.5) is 5.69 Å². The number of hydrogen-bond acceptors (Lipinski definition) is 2. The van der Waals surface area contributed by atoms with Crippen molar-refractivity contribution in [3.8, 4) is 0 Å². The molecule has 1 saturated carbocycles. The monoisotopic (exact) mass is 311 g/mol. The number of halogens is 1. The van der Waals surface area contributed by atoms with Crippen LogP contribution in [0.1, 0.15) is 44.6 Å². The van der Waals surface area contributed by atoms with Gasteiger partial charge in [0, 0.05) is 16.0 Å². The second-order valence-electron chi connectivity index (χ2n) is 5.49. The van der Waals surface area contributed by atoms with Crippen molar-refractivity contribution in [2.24, 2.45) is 0 Å². The van der Waals surface area contributed by atoms with Gasteiger partial charge in [0.15, 0.2) is 0 Å². The summed E-state index contributed by atoms with van der Waals surface area (Å²) in [6, 6.07) is 5.58. The highest BCUT2D eigenvalue weighted by Crippen LogP contribution is 2.31. The van der Waals surface area contributed by atoms with Crippen LogP contribution >= 0.6 is 23.4 Å². The molecule has 0 saturated heterocycles. The van der Waals surface area contributed by atoms with Crippen LogP contribution < -0.4 is 5.32 Å². The number of nitrogens with one attached hydrogen (secondary N) is 1. The first-order chi connectivity index (χ1) is 9.56. The summed E-state index contributed by atoms with van der Waals surface area (Å²) in [5.41, 5.74) is 1.86. The number of rotatable bonds is 4. The Balaban J connectivity index is 1.91. The summed E-state index contributed by atoms with van der Waals surface area (Å²) < 4.78 is 0. The first kappa shape index (κ1) is 15.7. The quantitative estimate of drug-likeness (QED) is 0.844. The Labute approximate surface area is 130 Å². The van der Waals surface area contributed by atoms with Crippen LogP contribution in [0.2, 0.25) is 5.02 Å². The minimum atomic E-state index is -0.0171. The van der Waals surface area contributed by atoms with E-state index in [9.17, 15) is 4.79 Å². The number of benzene rings is 1. The molecule has 1 aliphatic carbocycles. The third kappa shape index (κ3) is 4.42. The Morgan fingerprint density at radius 3 is 2.75 bits per heavy atom. The number of thioether (sulfide) groups is 1. The van der Waals surface area contributed by atoms with Gasteiger partial charge in [-0.15, -0.1) is 11.8 Å². The van der Waals surface area contributed by atoms with Gasteiger partial charge in [0.05, 0.1) is 5.25 Å². The van der Waals surface area contributed by atoms with Gasteiger partial charge in [0.2, 0.25) is 5.91 Å². The first-order valence-corrected chi connectivity index (χ1v) is 8.61. The molecule has 0 heterocycles. The fourth-order valence-corrected chi connectivity index (χ4v) is 4.05. The van der Waals surface area contributed by atoms with E-state index in [2.05, 4.69) is 5.32 Å². The lowest BCUT2D eigenvalue weighted by Crippen LogP contribution is -2.25. The van der Waals surface area contributed by atoms with Crippen molar-refractivity contribution in [2.75, 3.05) is 5.32 Å². The summed E-state index contributed by atoms with van der Waals surface area (Å²) in [5.74, 6) is 0.0749. The largest absolute Gasteiger partial charge is 0.325 e. The Morgan fingerprint density at radius 2 is 2.05 bits per heavy atom. The molecular weight excluding hydrogens is 290 g/mol. The van der Waals surface area contributed by atoms with Gasteiger partial charge in [0.25, 0.3) is 0 Å². The van der Waals surface area contributed by atoms with Gasteiger partial charge >= 0.3 is 0 Å². The maximum Gasteiger partial charge on any atom is 0.237 e. The summed E-state index contributed by atoms with van der Waals surface area (Å²) >= 11 is 7.79. The van der Waals surface area contributed by atoms with E-state index in [1.165, 1.54) is 32.1 Å². The summed E-state index contributed by atoms with van der Waals surface area (Å²) in [4.78, 5) is 12.3. The summed E-state index contributed by atoms with van der Waals surface area (Å²) in [6.07, 6.45) is 6.45. The first-order valence-electron chi connectivity index (χ1n) is 7.29. The molecule has 4 heteroatoms. The van der Waals surface area contributed by atoms with E-state index in [0.29, 0.717) is 10.3 Å². The average Bonchev–Trinajstić information content (AvgIpc) is 2.44. The van der Waals surface area contributed by atoms with Crippen LogP contribution in [0, 0.1) is 6.92 Å². The molecule has 110 valence electrons. The molecule has 0 bridgehead atoms. The van der Waals surface area contributed by atoms with Gasteiger partial charge in [0.1, 0.15) is 0 Å². The maximum atomic E-state index is 12.3. The molecule has 0 spiro atoms. The van der Waals surface area contributed by atoms with Crippen molar-refractivity contribution in [3.05, 3.63) is 28.8 Å². The van der Waals surface area contributed by atoms with Crippen molar-refractivity contribution in [1.82, 2.24) is 0 Å². The molecule has 20 heavy (non-hydrogen) atoms. The second kappa shape index (κ2) is 7.37. The topological polar surface area (TPSA) is 29.1 Å². The smallest absolute Gasteiger partial charge is 0.237 e. The van der Waals surface area contributed by atoms with E-state index >= 15 is 0 Å². The Bertz CT molecular complexity index is 472. The van der Waals surface area contributed by atoms with E-state index in [1.54, 1.807) is 0 Å². The normalized spacial score (nSPS) is 17.8. The highest BCUT2D eigenvalue weighted by Gasteiger charge is 2.21. The zero-order valence-corrected chi connectivity index (χ0v) is 13.7. The lowest BCUT2D eigenvalue weighted by atomic mass is 10.0. The highest BCUT2D eigenvalue weighted by atomic mass is 35.5. The molecule has 2 rings (SSSR count). The Morgan fingerprint density at radius 1 is 1.35 bits per heavy atom. The fourth-order valence-electron chi connectivity index (χ4n) is 2.51. The zero-order chi connectivity index (χ0) is 14.5. The molecule has 1 fully saturated rings. The van der Waals surface area contributed by atoms with Crippen molar-refractivity contribution >= 4 is 35.0 Å². The Hall–Kier alpha value is -0.670. The molecule has 1 amide bonds. The van der Waals surface area contributed by atoms with Crippen molar-refractivity contribution < 1.29 is 4.79 Å². The van der Waals surface area contributed by atoms with Crippen LogP contribution in [0.5, 0.6) is 0 Å². The van der Waals surface area contributed by atoms with Gasteiger partial charge in [-0.25, -0.2) is 0 Å². The number of carbonyl (C=O) groups is 1. The fraction of sp³-hybridized carbons (Fsp3) is 0.562. The average molecular weight is 312 g/mol. The summed E-state index contributed by atoms with van der Waals surface area (Å²) in [6.45, 7) is 3.97. The molecule has 1 aliphatic rings. The molecule has 1 atom stereocenters. The number of aryl methyl sites for hydroxylation is 1. The predicted octanol–water partition coefficient (Wildman–Crippen LogP) is 5.04. The number of anilines is 1. The van der Waals surface area contributed by atoms with Crippen LogP contribution in [0.25, 0.3) is 0 Å². The van der Waals surface area contributed by atoms with Crippen LogP contribution in [-0.2, 0) is 4.79 Å². The SMILES string of the molecule is Cc1ccc(Cl)cc1NC(=O)C(C)SC1CCCCC1. The van der Waals surface area contributed by atoms with Crippen molar-refractivity contribution in [2.45, 2.75) is 56.5 Å². The summed E-state index contributed by atoms with van der Waals surface area (Å²) in [7, 11) is 0. The van der Waals surface area contributed by atoms with Gasteiger partial charge in [-0.3, -0.25) is 4.79 Å². The molecule has 0 aliphatic heterocycles. The van der Waals surface area contributed by atoms with Crippen molar-refractivity contribution in [1.29, 1.82) is 0 Å². The number of carbonyl (C=O) groups excluding carboxylic acids is 1. The molecule has 1 N–H and O–H groups in total. The van der Waals surface area contributed by atoms with E-state index in [0.717, 1.165) is 11.3 Å². The molecule has 0 radical (unpaired) electrons. The minimum Gasteiger partial charge on any atom is -0.325 e. The lowest BCUT2D eigenvalue weighted by molar-refractivity contribution is -0.115. The van der Waals surface area contributed by atoms with E-state index in [-0.39, 0.29) is 11.2 Å². The van der Waals surface area contributed by atoms with Crippen LogP contribution in [0.3, 0.4) is 0 Å². The third-order valence-corrected chi connectivity index (χ3v) is 5.49. The van der Waals surface area contributed by atoms with Gasteiger partial charge in [-0.1, -0.05) is 36.9 Å². The maximum absolute atomic E-state index is 12.3. The van der Waals surface area contributed by atoms with Gasteiger partial charge < -0.3 is 5.32 Å². The summed E-state index contributed by atoms with van der Waals surface area (Å²) in [5, 5.41) is 4.27. The van der Waals surface area contributed by atoms with E-state index < -0.39 is 0 Å². The van der Waals surface area contributed by atoms with Crippen LogP contribution in [-0.4, -0.2) is 16.4 Å². The lowest BCUT2D eigenvalue weighted by Gasteiger charge is -2.24. The number of amides is 1. The molecule has 1 aromatic rings. The standard InChI is InChI=1S/C16H22ClNOS/c1-11-8-9-13(17)10-15(11)18-16(19)12(2)20-14-6-4-3-5-7-14/h8-10,12,14H,3-7H2,1-2H3,(H,18,19). The molecule has 0 aromatic heterocycles. The minimum absolute atomic E-state index is 0.0171. The van der Waals surface area contributed by atoms with Crippen LogP contribution in [0.15, 0.2) is 18.2 Å². The van der Waals surface area contributed by atoms with E-state index in [4.69, 9.17) is 11.6 Å². The molecule has 1 aromatic carbocycles. The zero-order valence-electron chi connectivity index (χ0n) is 12.1. The van der Waals surface area contributed by atoms with E-state index in [1.807, 2.05) is 43.8 Å². The van der Waals surface area contributed by atoms with Gasteiger partial charge in [-0.2, -0.15) is 0 Å².